The molecule has 1 aliphatic heterocycles. The van der Waals surface area contributed by atoms with Crippen LogP contribution in [0.3, 0.4) is 0 Å². The van der Waals surface area contributed by atoms with E-state index in [0.29, 0.717) is 0 Å². The summed E-state index contributed by atoms with van der Waals surface area (Å²) < 4.78 is 44.4. The fourth-order valence-electron chi connectivity index (χ4n) is 3.19. The van der Waals surface area contributed by atoms with Gasteiger partial charge in [0.2, 0.25) is 0 Å². The topological polar surface area (TPSA) is 50.5 Å². The number of thioether (sulfide) groups is 1. The van der Waals surface area contributed by atoms with Crippen molar-refractivity contribution in [3.8, 4) is 11.3 Å². The maximum absolute atomic E-state index is 12.9. The number of carbonyl (C=O) groups is 2. The maximum Gasteiger partial charge on any atom is 0.416 e. The molecule has 1 saturated heterocycles. The third kappa shape index (κ3) is 4.59. The summed E-state index contributed by atoms with van der Waals surface area (Å²) in [5, 5.41) is -0.387. The molecule has 1 aromatic heterocycles. The number of hydrogen-bond donors (Lipinski definition) is 0. The second-order valence-corrected chi connectivity index (χ2v) is 8.03. The van der Waals surface area contributed by atoms with Gasteiger partial charge in [-0.1, -0.05) is 42.0 Å². The van der Waals surface area contributed by atoms with Crippen molar-refractivity contribution in [3.63, 3.8) is 0 Å². The largest absolute Gasteiger partial charge is 0.457 e. The van der Waals surface area contributed by atoms with Gasteiger partial charge in [0.1, 0.15) is 11.5 Å². The summed E-state index contributed by atoms with van der Waals surface area (Å²) in [6, 6.07) is 15.4. The molecule has 0 aliphatic carbocycles. The Hall–Kier alpha value is -3.26. The van der Waals surface area contributed by atoms with Crippen molar-refractivity contribution in [1.29, 1.82) is 0 Å². The monoisotopic (exact) mass is 443 g/mol. The van der Waals surface area contributed by atoms with E-state index in [0.717, 1.165) is 39.9 Å². The molecule has 0 unspecified atom stereocenters. The molecule has 2 heterocycles. The highest BCUT2D eigenvalue weighted by molar-refractivity contribution is 8.18. The maximum atomic E-state index is 12.9. The number of rotatable bonds is 4. The molecule has 8 heteroatoms. The number of aryl methyl sites for hydroxylation is 1. The SMILES string of the molecule is Cc1cccc(CN2C(=O)S/C(=C\c3ccc(-c4cccc(C(F)(F)F)c4)o3)C2=O)c1. The van der Waals surface area contributed by atoms with Gasteiger partial charge < -0.3 is 4.42 Å². The Bertz CT molecular complexity index is 1200. The van der Waals surface area contributed by atoms with E-state index in [1.165, 1.54) is 24.3 Å². The number of nitrogens with zero attached hydrogens (tertiary/aromatic N) is 1. The summed E-state index contributed by atoms with van der Waals surface area (Å²) in [7, 11) is 0. The van der Waals surface area contributed by atoms with E-state index < -0.39 is 17.6 Å². The molecular formula is C23H16F3NO3S. The van der Waals surface area contributed by atoms with Gasteiger partial charge in [0, 0.05) is 11.6 Å². The summed E-state index contributed by atoms with van der Waals surface area (Å²) in [6.07, 6.45) is -3.03. The van der Waals surface area contributed by atoms with Gasteiger partial charge in [-0.3, -0.25) is 14.5 Å². The van der Waals surface area contributed by atoms with Crippen molar-refractivity contribution in [2.75, 3.05) is 0 Å². The first-order chi connectivity index (χ1) is 14.7. The van der Waals surface area contributed by atoms with E-state index >= 15 is 0 Å². The number of halogens is 3. The molecule has 0 bridgehead atoms. The average Bonchev–Trinajstić information content (AvgIpc) is 3.28. The minimum absolute atomic E-state index is 0.164. The van der Waals surface area contributed by atoms with Crippen LogP contribution in [0.5, 0.6) is 0 Å². The molecule has 158 valence electrons. The zero-order valence-corrected chi connectivity index (χ0v) is 17.1. The first kappa shape index (κ1) is 21.0. The number of carbonyl (C=O) groups excluding carboxylic acids is 2. The molecule has 1 fully saturated rings. The number of amides is 2. The van der Waals surface area contributed by atoms with Gasteiger partial charge in [-0.2, -0.15) is 13.2 Å². The van der Waals surface area contributed by atoms with Crippen LogP contribution in [-0.4, -0.2) is 16.0 Å². The number of furan rings is 1. The molecule has 0 saturated carbocycles. The lowest BCUT2D eigenvalue weighted by Gasteiger charge is -2.12. The van der Waals surface area contributed by atoms with Crippen LogP contribution in [0.15, 0.2) is 70.0 Å². The van der Waals surface area contributed by atoms with Gasteiger partial charge in [0.25, 0.3) is 11.1 Å². The predicted molar refractivity (Wildman–Crippen MR) is 112 cm³/mol. The Kier molecular flexibility index (Phi) is 5.49. The van der Waals surface area contributed by atoms with Crippen LogP contribution in [0.1, 0.15) is 22.5 Å². The summed E-state index contributed by atoms with van der Waals surface area (Å²) >= 11 is 0.801. The van der Waals surface area contributed by atoms with Gasteiger partial charge in [0.15, 0.2) is 0 Å². The summed E-state index contributed by atoms with van der Waals surface area (Å²) in [5.41, 5.74) is 1.35. The minimum Gasteiger partial charge on any atom is -0.457 e. The van der Waals surface area contributed by atoms with Crippen LogP contribution in [0.2, 0.25) is 0 Å². The van der Waals surface area contributed by atoms with E-state index in [2.05, 4.69) is 0 Å². The molecule has 0 N–H and O–H groups in total. The molecule has 0 radical (unpaired) electrons. The van der Waals surface area contributed by atoms with Crippen LogP contribution in [0.25, 0.3) is 17.4 Å². The van der Waals surface area contributed by atoms with Crippen LogP contribution in [0, 0.1) is 6.92 Å². The predicted octanol–water partition coefficient (Wildman–Crippen LogP) is 6.51. The molecule has 1 aliphatic rings. The van der Waals surface area contributed by atoms with Crippen molar-refractivity contribution in [1.82, 2.24) is 4.90 Å². The Morgan fingerprint density at radius 3 is 2.55 bits per heavy atom. The zero-order chi connectivity index (χ0) is 22.2. The van der Waals surface area contributed by atoms with Crippen molar-refractivity contribution in [2.24, 2.45) is 0 Å². The lowest BCUT2D eigenvalue weighted by atomic mass is 10.1. The molecule has 31 heavy (non-hydrogen) atoms. The highest BCUT2D eigenvalue weighted by Gasteiger charge is 2.35. The van der Waals surface area contributed by atoms with Crippen molar-refractivity contribution >= 4 is 29.0 Å². The summed E-state index contributed by atoms with van der Waals surface area (Å²) in [5.74, 6) is 0.0679. The van der Waals surface area contributed by atoms with E-state index in [1.54, 1.807) is 6.07 Å². The van der Waals surface area contributed by atoms with Crippen LogP contribution >= 0.6 is 11.8 Å². The van der Waals surface area contributed by atoms with Gasteiger partial charge >= 0.3 is 6.18 Å². The third-order valence-electron chi connectivity index (χ3n) is 4.67. The third-order valence-corrected chi connectivity index (χ3v) is 5.58. The molecule has 0 spiro atoms. The van der Waals surface area contributed by atoms with Crippen LogP contribution in [-0.2, 0) is 17.5 Å². The zero-order valence-electron chi connectivity index (χ0n) is 16.3. The minimum atomic E-state index is -4.46. The number of imide groups is 1. The molecule has 2 aromatic carbocycles. The highest BCUT2D eigenvalue weighted by atomic mass is 32.2. The normalized spacial score (nSPS) is 15.9. The van der Waals surface area contributed by atoms with Gasteiger partial charge in [-0.05, 0) is 48.5 Å². The fourth-order valence-corrected chi connectivity index (χ4v) is 4.01. The van der Waals surface area contributed by atoms with Crippen molar-refractivity contribution in [2.45, 2.75) is 19.6 Å². The van der Waals surface area contributed by atoms with Gasteiger partial charge in [-0.25, -0.2) is 0 Å². The van der Waals surface area contributed by atoms with E-state index in [-0.39, 0.29) is 33.8 Å². The van der Waals surface area contributed by atoms with Crippen molar-refractivity contribution in [3.05, 3.63) is 88.0 Å². The van der Waals surface area contributed by atoms with Crippen LogP contribution < -0.4 is 0 Å². The molecule has 4 nitrogen and oxygen atoms in total. The Morgan fingerprint density at radius 1 is 1.03 bits per heavy atom. The summed E-state index contributed by atoms with van der Waals surface area (Å²) in [4.78, 5) is 26.4. The summed E-state index contributed by atoms with van der Waals surface area (Å²) in [6.45, 7) is 2.09. The number of hydrogen-bond acceptors (Lipinski definition) is 4. The molecular weight excluding hydrogens is 427 g/mol. The van der Waals surface area contributed by atoms with Crippen molar-refractivity contribution < 1.29 is 27.2 Å². The fraction of sp³-hybridized carbons (Fsp3) is 0.130. The average molecular weight is 443 g/mol. The molecule has 4 rings (SSSR count). The van der Waals surface area contributed by atoms with E-state index in [9.17, 15) is 22.8 Å². The van der Waals surface area contributed by atoms with Gasteiger partial charge in [-0.15, -0.1) is 0 Å². The Labute approximate surface area is 180 Å². The number of alkyl halides is 3. The lowest BCUT2D eigenvalue weighted by molar-refractivity contribution is -0.137. The Balaban J connectivity index is 1.54. The number of benzene rings is 2. The molecule has 2 amide bonds. The second-order valence-electron chi connectivity index (χ2n) is 7.04. The second kappa shape index (κ2) is 8.11. The highest BCUT2D eigenvalue weighted by Crippen LogP contribution is 2.35. The standard InChI is InChI=1S/C23H16F3NO3S/c1-14-4-2-5-15(10-14)13-27-21(28)20(31-22(27)29)12-18-8-9-19(30-18)16-6-3-7-17(11-16)23(24,25)26/h2-12H,13H2,1H3/b20-12-. The Morgan fingerprint density at radius 2 is 1.81 bits per heavy atom. The van der Waals surface area contributed by atoms with E-state index in [1.807, 2.05) is 31.2 Å². The smallest absolute Gasteiger partial charge is 0.416 e. The molecule has 3 aromatic rings. The first-order valence-electron chi connectivity index (χ1n) is 9.29. The van der Waals surface area contributed by atoms with E-state index in [4.69, 9.17) is 4.42 Å². The van der Waals surface area contributed by atoms with Crippen LogP contribution in [0.4, 0.5) is 18.0 Å². The first-order valence-corrected chi connectivity index (χ1v) is 10.1. The quantitative estimate of drug-likeness (QED) is 0.431. The lowest BCUT2D eigenvalue weighted by Crippen LogP contribution is -2.27. The molecule has 0 atom stereocenters. The van der Waals surface area contributed by atoms with Gasteiger partial charge in [0.05, 0.1) is 17.0 Å².